The molecule has 2 atom stereocenters. The molecule has 0 radical (unpaired) electrons. The van der Waals surface area contributed by atoms with Gasteiger partial charge in [-0.2, -0.15) is 0 Å². The van der Waals surface area contributed by atoms with E-state index in [2.05, 4.69) is 10.6 Å². The number of aliphatic hydroxyl groups is 1. The quantitative estimate of drug-likeness (QED) is 0.636. The van der Waals surface area contributed by atoms with Crippen LogP contribution in [0.5, 0.6) is 0 Å². The predicted molar refractivity (Wildman–Crippen MR) is 108 cm³/mol. The number of nitrogens with one attached hydrogen (secondary N) is 2. The Morgan fingerprint density at radius 1 is 0.963 bits per heavy atom. The average molecular weight is 389 g/mol. The van der Waals surface area contributed by atoms with Gasteiger partial charge in [0.1, 0.15) is 0 Å². The van der Waals surface area contributed by atoms with Gasteiger partial charge in [0.05, 0.1) is 6.10 Å². The van der Waals surface area contributed by atoms with Crippen molar-refractivity contribution in [3.05, 3.63) is 60.2 Å². The summed E-state index contributed by atoms with van der Waals surface area (Å²) in [4.78, 5) is 24.2. The van der Waals surface area contributed by atoms with Gasteiger partial charge in [-0.1, -0.05) is 54.6 Å². The third-order valence-corrected chi connectivity index (χ3v) is 4.76. The lowest BCUT2D eigenvalue weighted by atomic mass is 10.0. The molecule has 6 heteroatoms. The fraction of sp³-hybridized carbons (Fsp3) is 0.333. The Morgan fingerprint density at radius 3 is 2.26 bits per heavy atom. The van der Waals surface area contributed by atoms with E-state index in [1.54, 1.807) is 0 Å². The van der Waals surface area contributed by atoms with E-state index in [1.807, 2.05) is 54.6 Å². The van der Waals surface area contributed by atoms with Crippen LogP contribution in [0, 0.1) is 5.92 Å². The number of aliphatic hydroxyl groups excluding tert-OH is 1. The number of hydrogen-bond donors (Lipinski definition) is 3. The monoisotopic (exact) mass is 388 g/mol. The molecule has 2 unspecified atom stereocenters. The van der Waals surface area contributed by atoms with Crippen LogP contribution >= 0.6 is 12.4 Å². The van der Waals surface area contributed by atoms with Gasteiger partial charge in [0, 0.05) is 44.0 Å². The first-order valence-electron chi connectivity index (χ1n) is 8.97. The molecule has 3 N–H and O–H groups in total. The second-order valence-electron chi connectivity index (χ2n) is 6.66. The molecule has 2 aromatic rings. The molecule has 2 aromatic carbocycles. The van der Waals surface area contributed by atoms with Gasteiger partial charge in [-0.25, -0.2) is 0 Å². The molecular weight excluding hydrogens is 364 g/mol. The van der Waals surface area contributed by atoms with E-state index in [0.29, 0.717) is 25.2 Å². The van der Waals surface area contributed by atoms with Gasteiger partial charge in [0.2, 0.25) is 5.91 Å². The van der Waals surface area contributed by atoms with E-state index in [-0.39, 0.29) is 42.9 Å². The van der Waals surface area contributed by atoms with Crippen molar-refractivity contribution in [2.75, 3.05) is 19.6 Å². The van der Waals surface area contributed by atoms with Crippen molar-refractivity contribution in [3.63, 3.8) is 0 Å². The number of β-amino-alcohol motifs (C(OH)–C–C–N with tert-alkyl or cyclic N) is 1. The normalized spacial score (nSPS) is 18.6. The average Bonchev–Trinajstić information content (AvgIpc) is 3.10. The first-order valence-corrected chi connectivity index (χ1v) is 8.97. The SMILES string of the molecule is Cl.O=C(CCC(=O)c1ccc(-c2ccccc2)cc1)NCC1CNCC1O. The Hall–Kier alpha value is -2.21. The van der Waals surface area contributed by atoms with Gasteiger partial charge < -0.3 is 15.7 Å². The maximum Gasteiger partial charge on any atom is 0.220 e. The number of hydrogen-bond acceptors (Lipinski definition) is 4. The van der Waals surface area contributed by atoms with Crippen molar-refractivity contribution in [3.8, 4) is 11.1 Å². The highest BCUT2D eigenvalue weighted by atomic mass is 35.5. The van der Waals surface area contributed by atoms with Gasteiger partial charge in [-0.15, -0.1) is 12.4 Å². The minimum absolute atomic E-state index is 0. The van der Waals surface area contributed by atoms with Crippen LogP contribution < -0.4 is 10.6 Å². The van der Waals surface area contributed by atoms with E-state index in [9.17, 15) is 14.7 Å². The molecule has 0 aliphatic carbocycles. The molecule has 1 aliphatic rings. The molecule has 144 valence electrons. The summed E-state index contributed by atoms with van der Waals surface area (Å²) in [6.45, 7) is 1.71. The van der Waals surface area contributed by atoms with Crippen LogP contribution in [-0.4, -0.2) is 42.5 Å². The number of amides is 1. The number of benzene rings is 2. The molecule has 0 bridgehead atoms. The van der Waals surface area contributed by atoms with Crippen molar-refractivity contribution in [2.24, 2.45) is 5.92 Å². The van der Waals surface area contributed by atoms with Crippen molar-refractivity contribution in [1.29, 1.82) is 0 Å². The zero-order valence-corrected chi connectivity index (χ0v) is 15.9. The van der Waals surface area contributed by atoms with Crippen LogP contribution in [0.25, 0.3) is 11.1 Å². The Labute approximate surface area is 165 Å². The second kappa shape index (κ2) is 10.2. The molecule has 5 nitrogen and oxygen atoms in total. The lowest BCUT2D eigenvalue weighted by Gasteiger charge is -2.13. The summed E-state index contributed by atoms with van der Waals surface area (Å²) in [5.41, 5.74) is 2.78. The molecule has 1 saturated heterocycles. The fourth-order valence-electron chi connectivity index (χ4n) is 3.11. The lowest BCUT2D eigenvalue weighted by Crippen LogP contribution is -2.34. The summed E-state index contributed by atoms with van der Waals surface area (Å²) >= 11 is 0. The maximum absolute atomic E-state index is 12.3. The highest BCUT2D eigenvalue weighted by molar-refractivity contribution is 5.98. The van der Waals surface area contributed by atoms with Gasteiger partial charge in [-0.05, 0) is 11.1 Å². The third kappa shape index (κ3) is 5.89. The second-order valence-corrected chi connectivity index (χ2v) is 6.66. The smallest absolute Gasteiger partial charge is 0.220 e. The summed E-state index contributed by atoms with van der Waals surface area (Å²) in [6.07, 6.45) is -0.0719. The number of carbonyl (C=O) groups is 2. The number of ketones is 1. The Bertz CT molecular complexity index is 750. The Kier molecular flexibility index (Phi) is 7.98. The topological polar surface area (TPSA) is 78.4 Å². The number of rotatable bonds is 7. The summed E-state index contributed by atoms with van der Waals surface area (Å²) < 4.78 is 0. The van der Waals surface area contributed by atoms with Crippen LogP contribution in [0.1, 0.15) is 23.2 Å². The maximum atomic E-state index is 12.3. The summed E-state index contributed by atoms with van der Waals surface area (Å²) in [5, 5.41) is 15.6. The van der Waals surface area contributed by atoms with E-state index >= 15 is 0 Å². The van der Waals surface area contributed by atoms with Crippen LogP contribution in [0.4, 0.5) is 0 Å². The molecule has 27 heavy (non-hydrogen) atoms. The molecule has 0 spiro atoms. The molecule has 1 fully saturated rings. The molecule has 1 aliphatic heterocycles. The van der Waals surface area contributed by atoms with E-state index in [4.69, 9.17) is 0 Å². The zero-order valence-electron chi connectivity index (χ0n) is 15.1. The van der Waals surface area contributed by atoms with Crippen molar-refractivity contribution >= 4 is 24.1 Å². The summed E-state index contributed by atoms with van der Waals surface area (Å²) in [6, 6.07) is 17.5. The molecular formula is C21H25ClN2O3. The molecule has 3 rings (SSSR count). The van der Waals surface area contributed by atoms with Gasteiger partial charge in [0.25, 0.3) is 0 Å². The Morgan fingerprint density at radius 2 is 1.63 bits per heavy atom. The highest BCUT2D eigenvalue weighted by Gasteiger charge is 2.25. The highest BCUT2D eigenvalue weighted by Crippen LogP contribution is 2.20. The van der Waals surface area contributed by atoms with Crippen LogP contribution in [0.15, 0.2) is 54.6 Å². The van der Waals surface area contributed by atoms with E-state index in [0.717, 1.165) is 11.1 Å². The van der Waals surface area contributed by atoms with Gasteiger partial charge >= 0.3 is 0 Å². The van der Waals surface area contributed by atoms with E-state index < -0.39 is 6.10 Å². The first-order chi connectivity index (χ1) is 12.6. The minimum atomic E-state index is -0.417. The molecule has 1 heterocycles. The van der Waals surface area contributed by atoms with Gasteiger partial charge in [-0.3, -0.25) is 9.59 Å². The van der Waals surface area contributed by atoms with Crippen molar-refractivity contribution in [2.45, 2.75) is 18.9 Å². The number of Topliss-reactive ketones (excluding diaryl/α,β-unsaturated/α-hetero) is 1. The fourth-order valence-corrected chi connectivity index (χ4v) is 3.11. The largest absolute Gasteiger partial charge is 0.391 e. The first kappa shape index (κ1) is 21.1. The lowest BCUT2D eigenvalue weighted by molar-refractivity contribution is -0.121. The van der Waals surface area contributed by atoms with Crippen molar-refractivity contribution < 1.29 is 14.7 Å². The van der Waals surface area contributed by atoms with Crippen LogP contribution in [-0.2, 0) is 4.79 Å². The third-order valence-electron chi connectivity index (χ3n) is 4.76. The number of carbonyl (C=O) groups excluding carboxylic acids is 2. The number of halogens is 1. The Balaban J connectivity index is 0.00000261. The molecule has 0 aromatic heterocycles. The molecule has 1 amide bonds. The van der Waals surface area contributed by atoms with E-state index in [1.165, 1.54) is 0 Å². The predicted octanol–water partition coefficient (Wildman–Crippen LogP) is 2.43. The zero-order chi connectivity index (χ0) is 18.4. The summed E-state index contributed by atoms with van der Waals surface area (Å²) in [5.74, 6) is -0.152. The van der Waals surface area contributed by atoms with Gasteiger partial charge in [0.15, 0.2) is 5.78 Å². The van der Waals surface area contributed by atoms with Crippen molar-refractivity contribution in [1.82, 2.24) is 10.6 Å². The summed E-state index contributed by atoms with van der Waals surface area (Å²) in [7, 11) is 0. The van der Waals surface area contributed by atoms with Crippen LogP contribution in [0.2, 0.25) is 0 Å². The standard InChI is InChI=1S/C21H24N2O3.ClH/c24-19(10-11-21(26)23-13-18-12-22-14-20(18)25)17-8-6-16(7-9-17)15-4-2-1-3-5-15;/h1-9,18,20,22,25H,10-14H2,(H,23,26);1H. The van der Waals surface area contributed by atoms with Crippen LogP contribution in [0.3, 0.4) is 0 Å². The molecule has 0 saturated carbocycles. The minimum Gasteiger partial charge on any atom is -0.391 e.